The molecule has 27 heavy (non-hydrogen) atoms. The van der Waals surface area contributed by atoms with Crippen LogP contribution < -0.4 is 10.5 Å². The maximum atomic E-state index is 11.7. The zero-order valence-electron chi connectivity index (χ0n) is 15.5. The number of pyridine rings is 1. The number of nitrogens with zero attached hydrogens (tertiary/aromatic N) is 4. The Balaban J connectivity index is 1.63. The maximum Gasteiger partial charge on any atom is 0.251 e. The SMILES string of the molecule is Cc1nc(C2CCN(c3nc4ccccc4c(C)c3C#N)CC2)cc(=O)[nH]1. The minimum atomic E-state index is -0.0986. The van der Waals surface area contributed by atoms with E-state index in [2.05, 4.69) is 20.9 Å². The number of nitrogens with one attached hydrogen (secondary N) is 1. The summed E-state index contributed by atoms with van der Waals surface area (Å²) in [6.45, 7) is 5.37. The van der Waals surface area contributed by atoms with Gasteiger partial charge >= 0.3 is 0 Å². The minimum Gasteiger partial charge on any atom is -0.355 e. The lowest BCUT2D eigenvalue weighted by atomic mass is 9.92. The summed E-state index contributed by atoms with van der Waals surface area (Å²) in [4.78, 5) is 25.9. The molecule has 0 saturated carbocycles. The molecule has 4 rings (SSSR count). The second-order valence-corrected chi connectivity index (χ2v) is 7.08. The van der Waals surface area contributed by atoms with Crippen LogP contribution in [0.25, 0.3) is 10.9 Å². The van der Waals surface area contributed by atoms with E-state index in [1.807, 2.05) is 31.2 Å². The number of nitriles is 1. The van der Waals surface area contributed by atoms with Crippen LogP contribution in [0.4, 0.5) is 5.82 Å². The average molecular weight is 359 g/mol. The van der Waals surface area contributed by atoms with E-state index in [-0.39, 0.29) is 11.5 Å². The Bertz CT molecular complexity index is 1100. The van der Waals surface area contributed by atoms with E-state index >= 15 is 0 Å². The van der Waals surface area contributed by atoms with Gasteiger partial charge in [-0.3, -0.25) is 4.79 Å². The number of hydrogen-bond acceptors (Lipinski definition) is 5. The fourth-order valence-corrected chi connectivity index (χ4v) is 3.92. The predicted octanol–water partition coefficient (Wildman–Crippen LogP) is 3.19. The third-order valence-electron chi connectivity index (χ3n) is 5.34. The number of para-hydroxylation sites is 1. The van der Waals surface area contributed by atoms with Gasteiger partial charge in [0.2, 0.25) is 0 Å². The van der Waals surface area contributed by atoms with Gasteiger partial charge in [-0.1, -0.05) is 18.2 Å². The first-order valence-corrected chi connectivity index (χ1v) is 9.19. The van der Waals surface area contributed by atoms with E-state index in [1.165, 1.54) is 0 Å². The van der Waals surface area contributed by atoms with Crippen molar-refractivity contribution in [2.45, 2.75) is 32.6 Å². The quantitative estimate of drug-likeness (QED) is 0.759. The van der Waals surface area contributed by atoms with E-state index in [4.69, 9.17) is 4.98 Å². The molecule has 0 atom stereocenters. The monoisotopic (exact) mass is 359 g/mol. The van der Waals surface area contributed by atoms with Gasteiger partial charge < -0.3 is 9.88 Å². The van der Waals surface area contributed by atoms with Crippen LogP contribution >= 0.6 is 0 Å². The molecule has 0 aliphatic carbocycles. The van der Waals surface area contributed by atoms with Crippen molar-refractivity contribution in [3.05, 3.63) is 63.3 Å². The molecule has 2 aromatic heterocycles. The molecule has 3 heterocycles. The van der Waals surface area contributed by atoms with Crippen LogP contribution in [0.1, 0.15) is 41.4 Å². The fourth-order valence-electron chi connectivity index (χ4n) is 3.92. The summed E-state index contributed by atoms with van der Waals surface area (Å²) in [7, 11) is 0. The van der Waals surface area contributed by atoms with Gasteiger partial charge in [-0.25, -0.2) is 9.97 Å². The van der Waals surface area contributed by atoms with Crippen molar-refractivity contribution in [1.29, 1.82) is 5.26 Å². The van der Waals surface area contributed by atoms with E-state index in [1.54, 1.807) is 13.0 Å². The van der Waals surface area contributed by atoms with Crippen LogP contribution in [0.3, 0.4) is 0 Å². The molecule has 0 bridgehead atoms. The fraction of sp³-hybridized carbons (Fsp3) is 0.333. The maximum absolute atomic E-state index is 11.7. The van der Waals surface area contributed by atoms with E-state index in [9.17, 15) is 10.1 Å². The molecule has 0 radical (unpaired) electrons. The molecule has 0 spiro atoms. The molecule has 1 saturated heterocycles. The summed E-state index contributed by atoms with van der Waals surface area (Å²) in [6, 6.07) is 11.9. The standard InChI is InChI=1S/C21H21N5O/c1-13-16-5-3-4-6-18(16)25-21(17(13)12-22)26-9-7-15(8-10-26)19-11-20(27)24-14(2)23-19/h3-6,11,15H,7-10H2,1-2H3,(H,23,24,27). The lowest BCUT2D eigenvalue weighted by Crippen LogP contribution is -2.34. The average Bonchev–Trinajstić information content (AvgIpc) is 2.67. The molecular formula is C21H21N5O. The number of fused-ring (bicyclic) bond motifs is 1. The first-order chi connectivity index (χ1) is 13.1. The number of piperidine rings is 1. The Morgan fingerprint density at radius 3 is 2.63 bits per heavy atom. The number of benzene rings is 1. The van der Waals surface area contributed by atoms with Crippen LogP contribution in [0.5, 0.6) is 0 Å². The zero-order valence-corrected chi connectivity index (χ0v) is 15.5. The van der Waals surface area contributed by atoms with Gasteiger partial charge in [0.05, 0.1) is 16.8 Å². The highest BCUT2D eigenvalue weighted by molar-refractivity contribution is 5.87. The molecule has 0 amide bonds. The molecule has 1 aliphatic heterocycles. The number of anilines is 1. The summed E-state index contributed by atoms with van der Waals surface area (Å²) in [5.41, 5.74) is 3.31. The second-order valence-electron chi connectivity index (χ2n) is 7.08. The Labute approximate surface area is 157 Å². The molecule has 136 valence electrons. The molecule has 3 aromatic rings. The van der Waals surface area contributed by atoms with E-state index < -0.39 is 0 Å². The summed E-state index contributed by atoms with van der Waals surface area (Å²) < 4.78 is 0. The Morgan fingerprint density at radius 1 is 1.19 bits per heavy atom. The van der Waals surface area contributed by atoms with Crippen LogP contribution in [-0.2, 0) is 0 Å². The first-order valence-electron chi connectivity index (χ1n) is 9.19. The lowest BCUT2D eigenvalue weighted by molar-refractivity contribution is 0.491. The molecule has 0 unspecified atom stereocenters. The lowest BCUT2D eigenvalue weighted by Gasteiger charge is -2.33. The molecule has 1 aliphatic rings. The Hall–Kier alpha value is -3.20. The molecule has 1 N–H and O–H groups in total. The number of H-pyrrole nitrogens is 1. The zero-order chi connectivity index (χ0) is 19.0. The van der Waals surface area contributed by atoms with Gasteiger partial charge in [-0.15, -0.1) is 0 Å². The van der Waals surface area contributed by atoms with Gasteiger partial charge in [-0.2, -0.15) is 5.26 Å². The molecule has 6 nitrogen and oxygen atoms in total. The van der Waals surface area contributed by atoms with Crippen molar-refractivity contribution in [2.75, 3.05) is 18.0 Å². The molecular weight excluding hydrogens is 338 g/mol. The van der Waals surface area contributed by atoms with Crippen LogP contribution in [0.2, 0.25) is 0 Å². The van der Waals surface area contributed by atoms with Crippen molar-refractivity contribution in [2.24, 2.45) is 0 Å². The first kappa shape index (κ1) is 17.2. The van der Waals surface area contributed by atoms with Crippen LogP contribution in [-0.4, -0.2) is 28.0 Å². The number of aromatic amines is 1. The number of hydrogen-bond donors (Lipinski definition) is 1. The van der Waals surface area contributed by atoms with Gasteiger partial charge in [0.25, 0.3) is 5.56 Å². The van der Waals surface area contributed by atoms with Gasteiger partial charge in [0.1, 0.15) is 17.7 Å². The third-order valence-corrected chi connectivity index (χ3v) is 5.34. The number of rotatable bonds is 2. The molecule has 6 heteroatoms. The van der Waals surface area contributed by atoms with E-state index in [0.29, 0.717) is 11.4 Å². The molecule has 1 fully saturated rings. The normalized spacial score (nSPS) is 15.1. The van der Waals surface area contributed by atoms with Gasteiger partial charge in [-0.05, 0) is 38.3 Å². The van der Waals surface area contributed by atoms with Crippen molar-refractivity contribution < 1.29 is 0 Å². The highest BCUT2D eigenvalue weighted by Gasteiger charge is 2.25. The third kappa shape index (κ3) is 3.17. The van der Waals surface area contributed by atoms with Crippen LogP contribution in [0.15, 0.2) is 35.1 Å². The summed E-state index contributed by atoms with van der Waals surface area (Å²) >= 11 is 0. The number of aromatic nitrogens is 3. The topological polar surface area (TPSA) is 85.7 Å². The van der Waals surface area contributed by atoms with Gasteiger partial charge in [0.15, 0.2) is 0 Å². The minimum absolute atomic E-state index is 0.0986. The van der Waals surface area contributed by atoms with Crippen molar-refractivity contribution in [1.82, 2.24) is 15.0 Å². The molecule has 1 aromatic carbocycles. The smallest absolute Gasteiger partial charge is 0.251 e. The predicted molar refractivity (Wildman–Crippen MR) is 105 cm³/mol. The second kappa shape index (κ2) is 6.84. The Morgan fingerprint density at radius 2 is 1.93 bits per heavy atom. The highest BCUT2D eigenvalue weighted by atomic mass is 16.1. The van der Waals surface area contributed by atoms with Crippen LogP contribution in [0, 0.1) is 25.2 Å². The van der Waals surface area contributed by atoms with Crippen molar-refractivity contribution in [3.8, 4) is 6.07 Å². The van der Waals surface area contributed by atoms with Gasteiger partial charge in [0, 0.05) is 30.5 Å². The summed E-state index contributed by atoms with van der Waals surface area (Å²) in [6.07, 6.45) is 1.77. The summed E-state index contributed by atoms with van der Waals surface area (Å²) in [5.74, 6) is 1.68. The van der Waals surface area contributed by atoms with E-state index in [0.717, 1.165) is 53.9 Å². The Kier molecular flexibility index (Phi) is 4.36. The highest BCUT2D eigenvalue weighted by Crippen LogP contribution is 2.32. The van der Waals surface area contributed by atoms with Crippen molar-refractivity contribution in [3.63, 3.8) is 0 Å². The number of aryl methyl sites for hydroxylation is 2. The van der Waals surface area contributed by atoms with Crippen molar-refractivity contribution >= 4 is 16.7 Å². The largest absolute Gasteiger partial charge is 0.355 e. The summed E-state index contributed by atoms with van der Waals surface area (Å²) in [5, 5.41) is 10.7.